The summed E-state index contributed by atoms with van der Waals surface area (Å²) in [4.78, 5) is 26.8. The Morgan fingerprint density at radius 2 is 2.21 bits per heavy atom. The van der Waals surface area contributed by atoms with Gasteiger partial charge in [0.2, 0.25) is 5.91 Å². The monoisotopic (exact) mass is 262 g/mol. The third-order valence-corrected chi connectivity index (χ3v) is 2.37. The van der Waals surface area contributed by atoms with Crippen LogP contribution in [0.2, 0.25) is 0 Å². The number of nitrogens with zero attached hydrogens (tertiary/aromatic N) is 2. The van der Waals surface area contributed by atoms with E-state index in [-0.39, 0.29) is 17.8 Å². The number of nitrogens with two attached hydrogens (primary N) is 1. The number of nitrogens with one attached hydrogen (secondary N) is 1. The number of anilines is 2. The second kappa shape index (κ2) is 5.30. The molecule has 0 saturated heterocycles. The lowest BCUT2D eigenvalue weighted by atomic mass is 10.2. The van der Waals surface area contributed by atoms with Crippen LogP contribution in [-0.4, -0.2) is 15.5 Å². The van der Waals surface area contributed by atoms with Crippen molar-refractivity contribution in [1.82, 2.24) is 9.55 Å². The zero-order valence-corrected chi connectivity index (χ0v) is 9.84. The predicted molar refractivity (Wildman–Crippen MR) is 67.9 cm³/mol. The van der Waals surface area contributed by atoms with Crippen LogP contribution in [0.3, 0.4) is 0 Å². The molecule has 0 aliphatic heterocycles. The number of benzene rings is 1. The molecular weight excluding hydrogens is 251 g/mol. The maximum atomic E-state index is 13.4. The molecule has 0 saturated carbocycles. The highest BCUT2D eigenvalue weighted by molar-refractivity contribution is 5.91. The maximum Gasteiger partial charge on any atom is 0.253 e. The zero-order valence-electron chi connectivity index (χ0n) is 9.84. The van der Waals surface area contributed by atoms with Crippen molar-refractivity contribution < 1.29 is 9.18 Å². The molecule has 0 bridgehead atoms. The highest BCUT2D eigenvalue weighted by Gasteiger charge is 2.08. The Hall–Kier alpha value is -2.70. The van der Waals surface area contributed by atoms with Crippen LogP contribution in [0.5, 0.6) is 0 Å². The zero-order chi connectivity index (χ0) is 13.8. The summed E-state index contributed by atoms with van der Waals surface area (Å²) in [6.07, 6.45) is 2.56. The quantitative estimate of drug-likeness (QED) is 0.793. The number of hydrogen-bond acceptors (Lipinski definition) is 4. The number of aromatic nitrogens is 2. The van der Waals surface area contributed by atoms with E-state index in [2.05, 4.69) is 10.3 Å². The van der Waals surface area contributed by atoms with E-state index in [0.29, 0.717) is 5.69 Å². The van der Waals surface area contributed by atoms with Crippen LogP contribution in [0.25, 0.3) is 0 Å². The van der Waals surface area contributed by atoms with Gasteiger partial charge in [0.1, 0.15) is 12.4 Å². The largest absolute Gasteiger partial charge is 0.399 e. The first-order valence-electron chi connectivity index (χ1n) is 5.41. The van der Waals surface area contributed by atoms with E-state index in [1.165, 1.54) is 30.7 Å². The Kier molecular flexibility index (Phi) is 3.56. The van der Waals surface area contributed by atoms with Crippen LogP contribution < -0.4 is 16.6 Å². The van der Waals surface area contributed by atoms with E-state index in [1.807, 2.05) is 0 Å². The first-order chi connectivity index (χ1) is 9.06. The van der Waals surface area contributed by atoms with Gasteiger partial charge in [-0.1, -0.05) is 0 Å². The lowest BCUT2D eigenvalue weighted by Crippen LogP contribution is -2.27. The topological polar surface area (TPSA) is 90.0 Å². The van der Waals surface area contributed by atoms with Gasteiger partial charge in [-0.2, -0.15) is 0 Å². The third-order valence-electron chi connectivity index (χ3n) is 2.37. The smallest absolute Gasteiger partial charge is 0.253 e. The third kappa shape index (κ3) is 3.15. The molecule has 19 heavy (non-hydrogen) atoms. The molecule has 0 fully saturated rings. The molecule has 1 aromatic carbocycles. The van der Waals surface area contributed by atoms with Crippen LogP contribution in [-0.2, 0) is 11.3 Å². The molecule has 0 atom stereocenters. The first kappa shape index (κ1) is 12.7. The van der Waals surface area contributed by atoms with E-state index in [4.69, 9.17) is 5.73 Å². The van der Waals surface area contributed by atoms with Crippen molar-refractivity contribution in [1.29, 1.82) is 0 Å². The molecule has 1 heterocycles. The summed E-state index contributed by atoms with van der Waals surface area (Å²) in [5, 5.41) is 2.35. The van der Waals surface area contributed by atoms with Crippen molar-refractivity contribution in [2.24, 2.45) is 0 Å². The van der Waals surface area contributed by atoms with Crippen molar-refractivity contribution in [3.05, 3.63) is 53.0 Å². The molecular formula is C12H11FN4O2. The molecule has 0 aliphatic rings. The van der Waals surface area contributed by atoms with E-state index in [9.17, 15) is 14.0 Å². The fraction of sp³-hybridized carbons (Fsp3) is 0.0833. The number of nitrogen functional groups attached to an aromatic ring is 1. The first-order valence-corrected chi connectivity index (χ1v) is 5.41. The van der Waals surface area contributed by atoms with Gasteiger partial charge in [0, 0.05) is 18.0 Å². The minimum Gasteiger partial charge on any atom is -0.399 e. The summed E-state index contributed by atoms with van der Waals surface area (Å²) in [5.74, 6) is -1.14. The average molecular weight is 262 g/mol. The van der Waals surface area contributed by atoms with Gasteiger partial charge in [0.25, 0.3) is 5.56 Å². The summed E-state index contributed by atoms with van der Waals surface area (Å²) >= 11 is 0. The summed E-state index contributed by atoms with van der Waals surface area (Å²) in [6, 6.07) is 5.07. The molecule has 2 aromatic rings. The fourth-order valence-electron chi connectivity index (χ4n) is 1.48. The van der Waals surface area contributed by atoms with Crippen molar-refractivity contribution in [2.45, 2.75) is 6.54 Å². The van der Waals surface area contributed by atoms with Gasteiger partial charge >= 0.3 is 0 Å². The van der Waals surface area contributed by atoms with Crippen LogP contribution in [0.1, 0.15) is 0 Å². The van der Waals surface area contributed by atoms with Gasteiger partial charge in [-0.15, -0.1) is 0 Å². The number of halogens is 1. The number of rotatable bonds is 3. The van der Waals surface area contributed by atoms with E-state index < -0.39 is 11.7 Å². The molecule has 0 spiro atoms. The molecule has 7 heteroatoms. The second-order valence-corrected chi connectivity index (χ2v) is 3.83. The van der Waals surface area contributed by atoms with Gasteiger partial charge < -0.3 is 11.1 Å². The normalized spacial score (nSPS) is 10.2. The van der Waals surface area contributed by atoms with Gasteiger partial charge in [-0.05, 0) is 18.2 Å². The Labute approximate surface area is 107 Å². The predicted octanol–water partition coefficient (Wildman–Crippen LogP) is 0.603. The highest BCUT2D eigenvalue weighted by Crippen LogP contribution is 2.17. The van der Waals surface area contributed by atoms with Crippen LogP contribution in [0.15, 0.2) is 41.6 Å². The molecule has 6 nitrogen and oxygen atoms in total. The second-order valence-electron chi connectivity index (χ2n) is 3.83. The van der Waals surface area contributed by atoms with Crippen molar-refractivity contribution in [3.8, 4) is 0 Å². The Morgan fingerprint density at radius 1 is 1.42 bits per heavy atom. The molecule has 2 rings (SSSR count). The van der Waals surface area contributed by atoms with Gasteiger partial charge in [0.15, 0.2) is 0 Å². The van der Waals surface area contributed by atoms with Crippen LogP contribution >= 0.6 is 0 Å². The van der Waals surface area contributed by atoms with Crippen molar-refractivity contribution in [3.63, 3.8) is 0 Å². The Balaban J connectivity index is 2.12. The molecule has 98 valence electrons. The van der Waals surface area contributed by atoms with Gasteiger partial charge in [-0.3, -0.25) is 14.2 Å². The van der Waals surface area contributed by atoms with Crippen molar-refractivity contribution in [2.75, 3.05) is 11.1 Å². The van der Waals surface area contributed by atoms with Crippen molar-refractivity contribution >= 4 is 17.3 Å². The molecule has 0 unspecified atom stereocenters. The Bertz CT molecular complexity index is 669. The summed E-state index contributed by atoms with van der Waals surface area (Å²) in [6.45, 7) is -0.249. The summed E-state index contributed by atoms with van der Waals surface area (Å²) in [5.41, 5.74) is 5.44. The SMILES string of the molecule is Nc1ccc(F)c(NC(=O)Cn2cnccc2=O)c1. The Morgan fingerprint density at radius 3 is 2.95 bits per heavy atom. The minimum atomic E-state index is -0.596. The van der Waals surface area contributed by atoms with Gasteiger partial charge in [-0.25, -0.2) is 9.37 Å². The molecule has 1 amide bonds. The minimum absolute atomic E-state index is 0.0260. The number of carbonyl (C=O) groups excluding carboxylic acids is 1. The van der Waals surface area contributed by atoms with Crippen LogP contribution in [0, 0.1) is 5.82 Å². The highest BCUT2D eigenvalue weighted by atomic mass is 19.1. The van der Waals surface area contributed by atoms with E-state index in [1.54, 1.807) is 0 Å². The van der Waals surface area contributed by atoms with Gasteiger partial charge in [0.05, 0.1) is 12.0 Å². The lowest BCUT2D eigenvalue weighted by molar-refractivity contribution is -0.116. The lowest BCUT2D eigenvalue weighted by Gasteiger charge is -2.08. The molecule has 1 aromatic heterocycles. The van der Waals surface area contributed by atoms with E-state index in [0.717, 1.165) is 10.6 Å². The summed E-state index contributed by atoms with van der Waals surface area (Å²) in [7, 11) is 0. The summed E-state index contributed by atoms with van der Waals surface area (Å²) < 4.78 is 14.5. The van der Waals surface area contributed by atoms with E-state index >= 15 is 0 Å². The average Bonchev–Trinajstić information content (AvgIpc) is 2.37. The molecule has 0 radical (unpaired) electrons. The fourth-order valence-corrected chi connectivity index (χ4v) is 1.48. The number of carbonyl (C=O) groups is 1. The standard InChI is InChI=1S/C12H11FN4O2/c13-9-2-1-8(14)5-10(9)16-11(18)6-17-7-15-4-3-12(17)19/h1-5,7H,6,14H2,(H,16,18). The molecule has 3 N–H and O–H groups in total. The van der Waals surface area contributed by atoms with Crippen LogP contribution in [0.4, 0.5) is 15.8 Å². The maximum absolute atomic E-state index is 13.4. The number of amides is 1. The number of hydrogen-bond donors (Lipinski definition) is 2. The molecule has 0 aliphatic carbocycles.